The largest absolute Gasteiger partial charge is 0.307 e. The molecule has 0 aliphatic carbocycles. The van der Waals surface area contributed by atoms with E-state index in [9.17, 15) is 4.57 Å². The molecule has 0 aromatic carbocycles. The highest BCUT2D eigenvalue weighted by Gasteiger charge is 2.23. The van der Waals surface area contributed by atoms with Gasteiger partial charge in [-0.25, -0.2) is 4.67 Å². The molecule has 0 bridgehead atoms. The molecule has 2 nitrogen and oxygen atoms in total. The third-order valence-corrected chi connectivity index (χ3v) is 3.80. The molecule has 0 spiro atoms. The second-order valence-corrected chi connectivity index (χ2v) is 6.80. The molecule has 3 heteroatoms. The summed E-state index contributed by atoms with van der Waals surface area (Å²) in [6.45, 7) is 11.1. The first-order valence-corrected chi connectivity index (χ1v) is 6.62. The summed E-state index contributed by atoms with van der Waals surface area (Å²) in [5.41, 5.74) is 2.32. The van der Waals surface area contributed by atoms with Crippen LogP contribution in [0, 0.1) is 0 Å². The molecule has 0 atom stereocenters. The van der Waals surface area contributed by atoms with Crippen LogP contribution in [0.25, 0.3) is 0 Å². The van der Waals surface area contributed by atoms with E-state index in [-0.39, 0.29) is 0 Å². The fraction of sp³-hybridized carbons (Fsp3) is 0.556. The molecular formula is C9H16NOP. The Morgan fingerprint density at radius 1 is 1.67 bits per heavy atom. The summed E-state index contributed by atoms with van der Waals surface area (Å²) in [4.78, 5) is 0. The number of rotatable bonds is 2. The lowest BCUT2D eigenvalue weighted by atomic mass is 10.1. The van der Waals surface area contributed by atoms with E-state index < -0.39 is 7.29 Å². The van der Waals surface area contributed by atoms with Crippen molar-refractivity contribution < 1.29 is 4.57 Å². The standard InChI is InChI=1S/C9H16NOP/c1-8(2)9-5-6-10(7-9)12(3,4)11/h5H,1,6-7H2,2-4H3. The lowest BCUT2D eigenvalue weighted by molar-refractivity contribution is 0.492. The zero-order valence-corrected chi connectivity index (χ0v) is 8.90. The van der Waals surface area contributed by atoms with E-state index >= 15 is 0 Å². The van der Waals surface area contributed by atoms with Crippen LogP contribution in [0.4, 0.5) is 0 Å². The molecule has 0 N–H and O–H groups in total. The van der Waals surface area contributed by atoms with Crippen LogP contribution in [-0.2, 0) is 4.57 Å². The fourth-order valence-electron chi connectivity index (χ4n) is 1.22. The van der Waals surface area contributed by atoms with Crippen molar-refractivity contribution in [2.75, 3.05) is 26.4 Å². The van der Waals surface area contributed by atoms with Crippen molar-refractivity contribution in [3.63, 3.8) is 0 Å². The molecule has 0 aromatic rings. The van der Waals surface area contributed by atoms with Gasteiger partial charge in [-0.3, -0.25) is 0 Å². The van der Waals surface area contributed by atoms with E-state index in [1.165, 1.54) is 5.57 Å². The Hall–Kier alpha value is -0.330. The Labute approximate surface area is 74.4 Å². The summed E-state index contributed by atoms with van der Waals surface area (Å²) in [7, 11) is -2.05. The van der Waals surface area contributed by atoms with Gasteiger partial charge in [-0.2, -0.15) is 0 Å². The SMILES string of the molecule is C=C(C)C1=CCN(P(C)(C)=O)C1. The first-order valence-electron chi connectivity index (χ1n) is 4.06. The van der Waals surface area contributed by atoms with Crippen LogP contribution in [0.15, 0.2) is 23.8 Å². The third-order valence-electron chi connectivity index (χ3n) is 2.13. The molecule has 0 radical (unpaired) electrons. The zero-order chi connectivity index (χ0) is 9.35. The van der Waals surface area contributed by atoms with Gasteiger partial charge in [-0.15, -0.1) is 0 Å². The maximum atomic E-state index is 11.6. The lowest BCUT2D eigenvalue weighted by Crippen LogP contribution is -2.16. The molecule has 0 aromatic heterocycles. The van der Waals surface area contributed by atoms with Crippen LogP contribution >= 0.6 is 7.29 Å². The quantitative estimate of drug-likeness (QED) is 0.615. The van der Waals surface area contributed by atoms with Crippen LogP contribution in [0.5, 0.6) is 0 Å². The van der Waals surface area contributed by atoms with Crippen molar-refractivity contribution in [3.8, 4) is 0 Å². The molecule has 0 saturated heterocycles. The average Bonchev–Trinajstić information content (AvgIpc) is 2.30. The van der Waals surface area contributed by atoms with Gasteiger partial charge >= 0.3 is 0 Å². The molecule has 0 saturated carbocycles. The van der Waals surface area contributed by atoms with Gasteiger partial charge in [-0.1, -0.05) is 18.2 Å². The van der Waals surface area contributed by atoms with E-state index in [0.717, 1.165) is 18.7 Å². The summed E-state index contributed by atoms with van der Waals surface area (Å²) in [6, 6.07) is 0. The molecule has 0 amide bonds. The van der Waals surface area contributed by atoms with Crippen molar-refractivity contribution in [1.82, 2.24) is 4.67 Å². The van der Waals surface area contributed by atoms with Gasteiger partial charge in [0, 0.05) is 26.4 Å². The highest BCUT2D eigenvalue weighted by molar-refractivity contribution is 7.59. The molecule has 1 rings (SSSR count). The Morgan fingerprint density at radius 3 is 2.50 bits per heavy atom. The van der Waals surface area contributed by atoms with Crippen LogP contribution in [-0.4, -0.2) is 31.1 Å². The minimum absolute atomic E-state index is 0.805. The first kappa shape index (κ1) is 9.76. The van der Waals surface area contributed by atoms with E-state index in [2.05, 4.69) is 12.7 Å². The average molecular weight is 185 g/mol. The Balaban J connectivity index is 2.65. The van der Waals surface area contributed by atoms with Gasteiger partial charge < -0.3 is 4.57 Å². The van der Waals surface area contributed by atoms with Gasteiger partial charge in [-0.05, 0) is 12.5 Å². The lowest BCUT2D eigenvalue weighted by Gasteiger charge is -2.20. The summed E-state index contributed by atoms with van der Waals surface area (Å²) in [5.74, 6) is 0. The van der Waals surface area contributed by atoms with Crippen LogP contribution in [0.1, 0.15) is 6.92 Å². The molecule has 1 aliphatic heterocycles. The molecular weight excluding hydrogens is 169 g/mol. The minimum atomic E-state index is -2.05. The zero-order valence-electron chi connectivity index (χ0n) is 8.00. The summed E-state index contributed by atoms with van der Waals surface area (Å²) < 4.78 is 13.7. The van der Waals surface area contributed by atoms with Crippen LogP contribution in [0.2, 0.25) is 0 Å². The molecule has 0 unspecified atom stereocenters. The Morgan fingerprint density at radius 2 is 2.25 bits per heavy atom. The van der Waals surface area contributed by atoms with Crippen LogP contribution in [0.3, 0.4) is 0 Å². The topological polar surface area (TPSA) is 20.3 Å². The maximum absolute atomic E-state index is 11.6. The molecule has 1 aliphatic rings. The number of hydrogen-bond donors (Lipinski definition) is 0. The molecule has 12 heavy (non-hydrogen) atoms. The molecule has 0 fully saturated rings. The van der Waals surface area contributed by atoms with E-state index in [1.54, 1.807) is 0 Å². The fourth-order valence-corrected chi connectivity index (χ4v) is 2.19. The maximum Gasteiger partial charge on any atom is 0.145 e. The van der Waals surface area contributed by atoms with Gasteiger partial charge in [0.15, 0.2) is 0 Å². The van der Waals surface area contributed by atoms with Gasteiger partial charge in [0.1, 0.15) is 7.29 Å². The highest BCUT2D eigenvalue weighted by atomic mass is 31.2. The smallest absolute Gasteiger partial charge is 0.145 e. The predicted molar refractivity (Wildman–Crippen MR) is 53.9 cm³/mol. The third kappa shape index (κ3) is 2.09. The van der Waals surface area contributed by atoms with Gasteiger partial charge in [0.25, 0.3) is 0 Å². The van der Waals surface area contributed by atoms with Crippen molar-refractivity contribution >= 4 is 7.29 Å². The minimum Gasteiger partial charge on any atom is -0.307 e. The van der Waals surface area contributed by atoms with E-state index in [0.29, 0.717) is 0 Å². The summed E-state index contributed by atoms with van der Waals surface area (Å²) >= 11 is 0. The van der Waals surface area contributed by atoms with E-state index in [4.69, 9.17) is 0 Å². The number of nitrogens with zero attached hydrogens (tertiary/aromatic N) is 1. The van der Waals surface area contributed by atoms with Crippen molar-refractivity contribution in [2.45, 2.75) is 6.92 Å². The Bertz CT molecular complexity index is 274. The molecule has 1 heterocycles. The Kier molecular flexibility index (Phi) is 2.60. The predicted octanol–water partition coefficient (Wildman–Crippen LogP) is 2.34. The molecule has 68 valence electrons. The highest BCUT2D eigenvalue weighted by Crippen LogP contribution is 2.43. The first-order chi connectivity index (χ1) is 5.41. The van der Waals surface area contributed by atoms with Gasteiger partial charge in [0.2, 0.25) is 0 Å². The normalized spacial score (nSPS) is 19.4. The number of hydrogen-bond acceptors (Lipinski definition) is 1. The summed E-state index contributed by atoms with van der Waals surface area (Å²) in [5, 5.41) is 0. The van der Waals surface area contributed by atoms with Crippen molar-refractivity contribution in [1.29, 1.82) is 0 Å². The van der Waals surface area contributed by atoms with E-state index in [1.807, 2.05) is 24.9 Å². The summed E-state index contributed by atoms with van der Waals surface area (Å²) in [6.07, 6.45) is 2.11. The van der Waals surface area contributed by atoms with Crippen molar-refractivity contribution in [2.24, 2.45) is 0 Å². The second kappa shape index (κ2) is 3.20. The van der Waals surface area contributed by atoms with Crippen molar-refractivity contribution in [3.05, 3.63) is 23.8 Å². The second-order valence-electron chi connectivity index (χ2n) is 3.65. The monoisotopic (exact) mass is 185 g/mol. The van der Waals surface area contributed by atoms with Crippen LogP contribution < -0.4 is 0 Å². The van der Waals surface area contributed by atoms with Gasteiger partial charge in [0.05, 0.1) is 0 Å².